The highest BCUT2D eigenvalue weighted by molar-refractivity contribution is 7.09. The highest BCUT2D eigenvalue weighted by atomic mass is 32.1. The summed E-state index contributed by atoms with van der Waals surface area (Å²) in [5.41, 5.74) is 13.3. The molecule has 0 saturated heterocycles. The lowest BCUT2D eigenvalue weighted by molar-refractivity contribution is -0.123. The first kappa shape index (κ1) is 27.9. The van der Waals surface area contributed by atoms with Gasteiger partial charge in [-0.1, -0.05) is 31.4 Å². The number of methoxy groups -OCH3 is 1. The van der Waals surface area contributed by atoms with E-state index in [1.165, 1.54) is 4.90 Å². The molecule has 0 unspecified atom stereocenters. The molecule has 1 aliphatic carbocycles. The van der Waals surface area contributed by atoms with Crippen LogP contribution in [0.2, 0.25) is 0 Å². The van der Waals surface area contributed by atoms with E-state index < -0.39 is 17.9 Å². The van der Waals surface area contributed by atoms with Gasteiger partial charge in [0, 0.05) is 31.5 Å². The summed E-state index contributed by atoms with van der Waals surface area (Å²) in [4.78, 5) is 43.4. The number of hydrogen-bond donors (Lipinski definition) is 3. The number of rotatable bonds is 9. The first-order valence-electron chi connectivity index (χ1n) is 12.8. The molecular weight excluding hydrogens is 516 g/mol. The summed E-state index contributed by atoms with van der Waals surface area (Å²) in [6.07, 6.45) is 5.00. The van der Waals surface area contributed by atoms with Crippen LogP contribution in [0.3, 0.4) is 0 Å². The third-order valence-corrected chi connectivity index (χ3v) is 7.76. The summed E-state index contributed by atoms with van der Waals surface area (Å²) in [5, 5.41) is 3.19. The topological polar surface area (TPSA) is 144 Å². The minimum atomic E-state index is -1.03. The molecule has 39 heavy (non-hydrogen) atoms. The molecule has 1 atom stereocenters. The fraction of sp³-hybridized carbons (Fsp3) is 0.357. The molecule has 206 valence electrons. The SMILES string of the molecule is COc1ccc(N(C(=O)c2snc(C(N)=O)c2N)[C@@H](C(=O)NC2CCCCC2)c2ccc(N(C)C)cc2)cc1. The van der Waals surface area contributed by atoms with Crippen molar-refractivity contribution < 1.29 is 19.1 Å². The van der Waals surface area contributed by atoms with Crippen molar-refractivity contribution in [2.45, 2.75) is 44.2 Å². The molecule has 11 heteroatoms. The number of nitrogens with zero attached hydrogens (tertiary/aromatic N) is 3. The van der Waals surface area contributed by atoms with Gasteiger partial charge in [-0.2, -0.15) is 4.37 Å². The van der Waals surface area contributed by atoms with Crippen LogP contribution in [0.1, 0.15) is 63.9 Å². The Balaban J connectivity index is 1.84. The molecule has 3 amide bonds. The van der Waals surface area contributed by atoms with Crippen molar-refractivity contribution in [2.75, 3.05) is 36.7 Å². The molecule has 1 fully saturated rings. The van der Waals surface area contributed by atoms with E-state index in [0.717, 1.165) is 49.3 Å². The van der Waals surface area contributed by atoms with Crippen LogP contribution >= 0.6 is 11.5 Å². The lowest BCUT2D eigenvalue weighted by Gasteiger charge is -2.33. The molecule has 4 rings (SSSR count). The minimum Gasteiger partial charge on any atom is -0.497 e. The number of carbonyl (C=O) groups is 3. The Hall–Kier alpha value is -4.12. The van der Waals surface area contributed by atoms with Crippen molar-refractivity contribution in [3.05, 3.63) is 64.7 Å². The fourth-order valence-corrected chi connectivity index (χ4v) is 5.51. The third kappa shape index (κ3) is 6.14. The van der Waals surface area contributed by atoms with E-state index in [1.807, 2.05) is 43.3 Å². The maximum absolute atomic E-state index is 14.2. The average molecular weight is 551 g/mol. The highest BCUT2D eigenvalue weighted by Gasteiger charge is 2.37. The van der Waals surface area contributed by atoms with Crippen LogP contribution in [-0.2, 0) is 4.79 Å². The van der Waals surface area contributed by atoms with Gasteiger partial charge >= 0.3 is 0 Å². The molecule has 10 nitrogen and oxygen atoms in total. The van der Waals surface area contributed by atoms with Gasteiger partial charge in [0.05, 0.1) is 12.8 Å². The molecule has 0 aliphatic heterocycles. The van der Waals surface area contributed by atoms with Gasteiger partial charge in [-0.3, -0.25) is 19.3 Å². The van der Waals surface area contributed by atoms with Gasteiger partial charge < -0.3 is 26.4 Å². The summed E-state index contributed by atoms with van der Waals surface area (Å²) in [5.74, 6) is -1.10. The molecule has 0 radical (unpaired) electrons. The van der Waals surface area contributed by atoms with Crippen molar-refractivity contribution in [1.29, 1.82) is 0 Å². The second kappa shape index (κ2) is 12.2. The van der Waals surface area contributed by atoms with Crippen molar-refractivity contribution in [3.63, 3.8) is 0 Å². The molecule has 2 aromatic carbocycles. The number of anilines is 3. The smallest absolute Gasteiger partial charge is 0.273 e. The van der Waals surface area contributed by atoms with Gasteiger partial charge in [0.1, 0.15) is 16.7 Å². The molecule has 1 heterocycles. The van der Waals surface area contributed by atoms with E-state index in [-0.39, 0.29) is 28.2 Å². The van der Waals surface area contributed by atoms with Crippen LogP contribution < -0.4 is 31.3 Å². The minimum absolute atomic E-state index is 0.0255. The van der Waals surface area contributed by atoms with Gasteiger partial charge in [0.2, 0.25) is 5.91 Å². The number of hydrogen-bond acceptors (Lipinski definition) is 8. The first-order valence-corrected chi connectivity index (χ1v) is 13.6. The number of aromatic nitrogens is 1. The van der Waals surface area contributed by atoms with Crippen LogP contribution in [0.15, 0.2) is 48.5 Å². The Morgan fingerprint density at radius 2 is 1.62 bits per heavy atom. The van der Waals surface area contributed by atoms with E-state index in [2.05, 4.69) is 9.69 Å². The number of benzene rings is 2. The molecule has 1 saturated carbocycles. The standard InChI is InChI=1S/C28H34N6O4S/c1-33(2)19-11-9-17(10-12-19)24(27(36)31-18-7-5-4-6-8-18)34(20-13-15-21(38-3)16-14-20)28(37)25-22(29)23(26(30)35)32-39-25/h9-16,18,24H,4-8,29H2,1-3H3,(H2,30,35)(H,31,36)/t24-/m1/s1. The Bertz CT molecular complexity index is 1320. The molecular formula is C28H34N6O4S. The van der Waals surface area contributed by atoms with Crippen LogP contribution in [0.25, 0.3) is 0 Å². The third-order valence-electron chi connectivity index (χ3n) is 6.91. The zero-order valence-electron chi connectivity index (χ0n) is 22.3. The van der Waals surface area contributed by atoms with E-state index in [0.29, 0.717) is 17.0 Å². The second-order valence-corrected chi connectivity index (χ2v) is 10.5. The second-order valence-electron chi connectivity index (χ2n) is 9.74. The number of nitrogen functional groups attached to an aromatic ring is 1. The van der Waals surface area contributed by atoms with Gasteiger partial charge in [-0.15, -0.1) is 0 Å². The number of nitrogens with two attached hydrogens (primary N) is 2. The number of amides is 3. The molecule has 0 bridgehead atoms. The lowest BCUT2D eigenvalue weighted by Crippen LogP contribution is -2.47. The van der Waals surface area contributed by atoms with Crippen LogP contribution in [0, 0.1) is 0 Å². The van der Waals surface area contributed by atoms with Crippen LogP contribution in [-0.4, -0.2) is 49.3 Å². The number of carbonyl (C=O) groups excluding carboxylic acids is 3. The molecule has 1 aliphatic rings. The number of nitrogens with one attached hydrogen (secondary N) is 1. The Labute approximate surface area is 232 Å². The summed E-state index contributed by atoms with van der Waals surface area (Å²) in [6.45, 7) is 0. The molecule has 3 aromatic rings. The fourth-order valence-electron chi connectivity index (χ4n) is 4.76. The maximum Gasteiger partial charge on any atom is 0.273 e. The Morgan fingerprint density at radius 1 is 1.00 bits per heavy atom. The number of ether oxygens (including phenoxy) is 1. The van der Waals surface area contributed by atoms with Crippen molar-refractivity contribution in [3.8, 4) is 5.75 Å². The first-order chi connectivity index (χ1) is 18.7. The van der Waals surface area contributed by atoms with E-state index in [4.69, 9.17) is 16.2 Å². The van der Waals surface area contributed by atoms with Gasteiger partial charge in [-0.05, 0) is 66.3 Å². The largest absolute Gasteiger partial charge is 0.497 e. The van der Waals surface area contributed by atoms with Gasteiger partial charge in [0.15, 0.2) is 5.69 Å². The zero-order valence-corrected chi connectivity index (χ0v) is 23.2. The van der Waals surface area contributed by atoms with Crippen molar-refractivity contribution in [1.82, 2.24) is 9.69 Å². The molecule has 5 N–H and O–H groups in total. The Kier molecular flexibility index (Phi) is 8.70. The highest BCUT2D eigenvalue weighted by Crippen LogP contribution is 2.35. The predicted molar refractivity (Wildman–Crippen MR) is 153 cm³/mol. The molecule has 1 aromatic heterocycles. The van der Waals surface area contributed by atoms with Crippen LogP contribution in [0.4, 0.5) is 17.1 Å². The maximum atomic E-state index is 14.2. The summed E-state index contributed by atoms with van der Waals surface area (Å²) in [6, 6.07) is 13.3. The number of primary amides is 1. The lowest BCUT2D eigenvalue weighted by atomic mass is 9.94. The predicted octanol–water partition coefficient (Wildman–Crippen LogP) is 3.74. The summed E-state index contributed by atoms with van der Waals surface area (Å²) >= 11 is 0.779. The zero-order chi connectivity index (χ0) is 28.1. The van der Waals surface area contributed by atoms with E-state index in [1.54, 1.807) is 31.4 Å². The molecule has 0 spiro atoms. The van der Waals surface area contributed by atoms with Crippen molar-refractivity contribution >= 4 is 46.3 Å². The van der Waals surface area contributed by atoms with Gasteiger partial charge in [0.25, 0.3) is 11.8 Å². The van der Waals surface area contributed by atoms with E-state index >= 15 is 0 Å². The summed E-state index contributed by atoms with van der Waals surface area (Å²) < 4.78 is 9.31. The summed E-state index contributed by atoms with van der Waals surface area (Å²) in [7, 11) is 5.41. The average Bonchev–Trinajstić information content (AvgIpc) is 3.33. The quantitative estimate of drug-likeness (QED) is 0.368. The van der Waals surface area contributed by atoms with Crippen LogP contribution in [0.5, 0.6) is 5.75 Å². The van der Waals surface area contributed by atoms with Gasteiger partial charge in [-0.25, -0.2) is 0 Å². The normalized spacial score (nSPS) is 14.3. The van der Waals surface area contributed by atoms with E-state index in [9.17, 15) is 14.4 Å². The monoisotopic (exact) mass is 550 g/mol. The Morgan fingerprint density at radius 3 is 2.15 bits per heavy atom. The van der Waals surface area contributed by atoms with Crippen molar-refractivity contribution in [2.24, 2.45) is 5.73 Å².